The fourth-order valence-corrected chi connectivity index (χ4v) is 4.40. The molecule has 0 saturated carbocycles. The standard InChI is InChI=1S/C23H20N2O4/c1-26-20-7-14-5-15-11-25-19-10-23-22(28-12-29-23)9-18(19)17(15)6-13(3-4-24)16(14)8-21(20)27-2/h7-11,13H,3,5-6,12H2,1-2H3. The van der Waals surface area contributed by atoms with E-state index in [9.17, 15) is 5.26 Å². The molecule has 1 aliphatic heterocycles. The smallest absolute Gasteiger partial charge is 0.231 e. The molecule has 29 heavy (non-hydrogen) atoms. The van der Waals surface area contributed by atoms with Gasteiger partial charge >= 0.3 is 0 Å². The van der Waals surface area contributed by atoms with Gasteiger partial charge in [-0.1, -0.05) is 0 Å². The second kappa shape index (κ2) is 6.85. The summed E-state index contributed by atoms with van der Waals surface area (Å²) in [6, 6.07) is 10.4. The van der Waals surface area contributed by atoms with Gasteiger partial charge in [0, 0.05) is 30.0 Å². The Kier molecular flexibility index (Phi) is 4.17. The van der Waals surface area contributed by atoms with Crippen LogP contribution in [0.25, 0.3) is 10.9 Å². The molecule has 5 rings (SSSR count). The van der Waals surface area contributed by atoms with Crippen LogP contribution in [0, 0.1) is 11.3 Å². The van der Waals surface area contributed by atoms with E-state index < -0.39 is 0 Å². The van der Waals surface area contributed by atoms with Crippen molar-refractivity contribution < 1.29 is 18.9 Å². The van der Waals surface area contributed by atoms with Gasteiger partial charge in [0.1, 0.15) is 0 Å². The summed E-state index contributed by atoms with van der Waals surface area (Å²) in [6.45, 7) is 0.232. The number of nitriles is 1. The second-order valence-electron chi connectivity index (χ2n) is 7.33. The zero-order valence-electron chi connectivity index (χ0n) is 16.3. The van der Waals surface area contributed by atoms with E-state index >= 15 is 0 Å². The summed E-state index contributed by atoms with van der Waals surface area (Å²) >= 11 is 0. The van der Waals surface area contributed by atoms with Gasteiger partial charge in [0.05, 0.1) is 25.8 Å². The first kappa shape index (κ1) is 17.6. The van der Waals surface area contributed by atoms with Crippen LogP contribution >= 0.6 is 0 Å². The van der Waals surface area contributed by atoms with E-state index in [4.69, 9.17) is 18.9 Å². The maximum atomic E-state index is 9.50. The fourth-order valence-electron chi connectivity index (χ4n) is 4.40. The molecule has 0 amide bonds. The molecule has 146 valence electrons. The molecule has 1 unspecified atom stereocenters. The van der Waals surface area contributed by atoms with Crippen LogP contribution in [0.1, 0.15) is 34.6 Å². The number of pyridine rings is 1. The molecular formula is C23H20N2O4. The minimum atomic E-state index is 0.0621. The average molecular weight is 388 g/mol. The highest BCUT2D eigenvalue weighted by Crippen LogP contribution is 2.43. The number of fused-ring (bicyclic) bond motifs is 5. The van der Waals surface area contributed by atoms with Crippen molar-refractivity contribution in [3.05, 3.63) is 52.7 Å². The van der Waals surface area contributed by atoms with Crippen molar-refractivity contribution in [1.82, 2.24) is 4.98 Å². The predicted molar refractivity (Wildman–Crippen MR) is 107 cm³/mol. The van der Waals surface area contributed by atoms with E-state index in [0.717, 1.165) is 51.9 Å². The zero-order chi connectivity index (χ0) is 20.0. The molecule has 0 spiro atoms. The molecular weight excluding hydrogens is 368 g/mol. The second-order valence-corrected chi connectivity index (χ2v) is 7.33. The Hall–Kier alpha value is -3.46. The molecule has 2 heterocycles. The lowest BCUT2D eigenvalue weighted by atomic mass is 9.88. The lowest BCUT2D eigenvalue weighted by Crippen LogP contribution is -2.05. The molecule has 1 atom stereocenters. The van der Waals surface area contributed by atoms with Crippen molar-refractivity contribution in [2.75, 3.05) is 21.0 Å². The quantitative estimate of drug-likeness (QED) is 0.672. The molecule has 6 heteroatoms. The molecule has 3 aromatic rings. The Morgan fingerprint density at radius 1 is 1.07 bits per heavy atom. The maximum Gasteiger partial charge on any atom is 0.231 e. The third kappa shape index (κ3) is 2.82. The molecule has 0 saturated heterocycles. The van der Waals surface area contributed by atoms with Crippen LogP contribution in [0.2, 0.25) is 0 Å². The number of ether oxygens (including phenoxy) is 4. The van der Waals surface area contributed by atoms with Crippen molar-refractivity contribution in [2.24, 2.45) is 0 Å². The third-order valence-corrected chi connectivity index (χ3v) is 5.82. The topological polar surface area (TPSA) is 73.6 Å². The summed E-state index contributed by atoms with van der Waals surface area (Å²) in [4.78, 5) is 4.68. The molecule has 6 nitrogen and oxygen atoms in total. The van der Waals surface area contributed by atoms with E-state index in [0.29, 0.717) is 17.9 Å². The molecule has 2 aliphatic rings. The highest BCUT2D eigenvalue weighted by atomic mass is 16.7. The van der Waals surface area contributed by atoms with E-state index in [1.165, 1.54) is 5.56 Å². The first-order valence-corrected chi connectivity index (χ1v) is 9.53. The lowest BCUT2D eigenvalue weighted by Gasteiger charge is -2.18. The van der Waals surface area contributed by atoms with Crippen LogP contribution in [0.15, 0.2) is 30.5 Å². The summed E-state index contributed by atoms with van der Waals surface area (Å²) in [7, 11) is 3.27. The van der Waals surface area contributed by atoms with Gasteiger partial charge in [-0.15, -0.1) is 0 Å². The lowest BCUT2D eigenvalue weighted by molar-refractivity contribution is 0.174. The highest BCUT2D eigenvalue weighted by Gasteiger charge is 2.27. The largest absolute Gasteiger partial charge is 0.493 e. The molecule has 1 aliphatic carbocycles. The number of rotatable bonds is 3. The van der Waals surface area contributed by atoms with E-state index in [1.54, 1.807) is 14.2 Å². The van der Waals surface area contributed by atoms with Gasteiger partial charge < -0.3 is 18.9 Å². The minimum absolute atomic E-state index is 0.0621. The van der Waals surface area contributed by atoms with Crippen LogP contribution in [0.3, 0.4) is 0 Å². The molecule has 2 aromatic carbocycles. The summed E-state index contributed by atoms with van der Waals surface area (Å²) in [5.41, 5.74) is 5.52. The fraction of sp³-hybridized carbons (Fsp3) is 0.304. The van der Waals surface area contributed by atoms with Crippen LogP contribution in [0.5, 0.6) is 23.0 Å². The van der Waals surface area contributed by atoms with Gasteiger partial charge in [-0.05, 0) is 53.3 Å². The third-order valence-electron chi connectivity index (χ3n) is 5.82. The van der Waals surface area contributed by atoms with Crippen molar-refractivity contribution in [3.63, 3.8) is 0 Å². The van der Waals surface area contributed by atoms with Crippen molar-refractivity contribution in [2.45, 2.75) is 25.2 Å². The van der Waals surface area contributed by atoms with Crippen LogP contribution < -0.4 is 18.9 Å². The predicted octanol–water partition coefficient (Wildman–Crippen LogP) is 4.12. The Bertz CT molecular complexity index is 1170. The number of hydrogen-bond donors (Lipinski definition) is 0. The monoisotopic (exact) mass is 388 g/mol. The van der Waals surface area contributed by atoms with Gasteiger partial charge in [-0.25, -0.2) is 0 Å². The maximum absolute atomic E-state index is 9.50. The summed E-state index contributed by atoms with van der Waals surface area (Å²) in [6.07, 6.45) is 3.85. The number of aromatic nitrogens is 1. The van der Waals surface area contributed by atoms with Crippen LogP contribution in [-0.4, -0.2) is 26.0 Å². The van der Waals surface area contributed by atoms with E-state index in [1.807, 2.05) is 30.5 Å². The summed E-state index contributed by atoms with van der Waals surface area (Å²) in [5.74, 6) is 2.92. The number of benzene rings is 2. The number of methoxy groups -OCH3 is 2. The highest BCUT2D eigenvalue weighted by molar-refractivity contribution is 5.87. The normalized spacial score (nSPS) is 16.5. The summed E-state index contributed by atoms with van der Waals surface area (Å²) in [5, 5.41) is 10.6. The zero-order valence-corrected chi connectivity index (χ0v) is 16.3. The Morgan fingerprint density at radius 3 is 2.59 bits per heavy atom. The summed E-state index contributed by atoms with van der Waals surface area (Å²) < 4.78 is 22.1. The van der Waals surface area contributed by atoms with Crippen LogP contribution in [-0.2, 0) is 12.8 Å². The Balaban J connectivity index is 1.71. The van der Waals surface area contributed by atoms with Crippen molar-refractivity contribution in [3.8, 4) is 29.1 Å². The van der Waals surface area contributed by atoms with E-state index in [2.05, 4.69) is 11.1 Å². The van der Waals surface area contributed by atoms with Gasteiger partial charge in [-0.3, -0.25) is 4.98 Å². The molecule has 0 radical (unpaired) electrons. The van der Waals surface area contributed by atoms with Gasteiger partial charge in [0.2, 0.25) is 6.79 Å². The molecule has 0 bridgehead atoms. The molecule has 0 fully saturated rings. The number of hydrogen-bond acceptors (Lipinski definition) is 6. The van der Waals surface area contributed by atoms with Gasteiger partial charge in [-0.2, -0.15) is 5.26 Å². The SMILES string of the molecule is COc1cc2c(cc1OC)C(CC#N)Cc1c(cnc3cc4c(cc13)OCO4)C2. The average Bonchev–Trinajstić information content (AvgIpc) is 3.14. The van der Waals surface area contributed by atoms with E-state index in [-0.39, 0.29) is 12.7 Å². The Morgan fingerprint density at radius 2 is 1.83 bits per heavy atom. The van der Waals surface area contributed by atoms with Gasteiger partial charge in [0.15, 0.2) is 23.0 Å². The molecule has 1 aromatic heterocycles. The van der Waals surface area contributed by atoms with Gasteiger partial charge in [0.25, 0.3) is 0 Å². The molecule has 0 N–H and O–H groups in total. The number of nitrogens with zero attached hydrogens (tertiary/aromatic N) is 2. The van der Waals surface area contributed by atoms with Crippen LogP contribution in [0.4, 0.5) is 0 Å². The first-order valence-electron chi connectivity index (χ1n) is 9.53. The van der Waals surface area contributed by atoms with Crippen molar-refractivity contribution >= 4 is 10.9 Å². The Labute approximate surface area is 168 Å². The first-order chi connectivity index (χ1) is 14.2. The van der Waals surface area contributed by atoms with Crippen molar-refractivity contribution in [1.29, 1.82) is 5.26 Å². The minimum Gasteiger partial charge on any atom is -0.493 e.